The summed E-state index contributed by atoms with van der Waals surface area (Å²) in [5.41, 5.74) is 20.5. The fraction of sp³-hybridized carbons (Fsp3) is 0.0159. The van der Waals surface area contributed by atoms with Crippen molar-refractivity contribution >= 4 is 38.6 Å². The van der Waals surface area contributed by atoms with Gasteiger partial charge >= 0.3 is 0 Å². The molecule has 0 saturated carbocycles. The SMILES string of the molecule is c1ccc(-c2ccc(-c3c(N(c4cccc(-c5ccccc5)c4)c4ccc5c(c4)C4(c6ccccc6-c6ccccc64)c4ccccc4-5)c4ccccc4c4ccccc34)cc2)cc1. The molecule has 13 rings (SSSR count). The quantitative estimate of drug-likeness (QED) is 0.151. The number of hydrogen-bond donors (Lipinski definition) is 0. The second kappa shape index (κ2) is 14.4. The Morgan fingerprint density at radius 2 is 0.672 bits per heavy atom. The lowest BCUT2D eigenvalue weighted by Gasteiger charge is -2.33. The summed E-state index contributed by atoms with van der Waals surface area (Å²) in [4.78, 5) is 2.56. The highest BCUT2D eigenvalue weighted by Gasteiger charge is 2.51. The van der Waals surface area contributed by atoms with E-state index >= 15 is 0 Å². The van der Waals surface area contributed by atoms with E-state index in [0.717, 1.165) is 17.1 Å². The van der Waals surface area contributed by atoms with Crippen LogP contribution in [0.2, 0.25) is 0 Å². The van der Waals surface area contributed by atoms with Gasteiger partial charge in [0, 0.05) is 22.3 Å². The van der Waals surface area contributed by atoms with E-state index in [2.05, 4.69) is 254 Å². The van der Waals surface area contributed by atoms with Crippen LogP contribution < -0.4 is 4.90 Å². The maximum atomic E-state index is 2.56. The molecule has 1 nitrogen and oxygen atoms in total. The Kier molecular flexibility index (Phi) is 8.20. The number of anilines is 3. The highest BCUT2D eigenvalue weighted by atomic mass is 15.1. The summed E-state index contributed by atoms with van der Waals surface area (Å²) in [5, 5.41) is 4.88. The second-order valence-corrected chi connectivity index (χ2v) is 17.1. The Hall–Kier alpha value is -8.26. The third-order valence-electron chi connectivity index (χ3n) is 13.9. The van der Waals surface area contributed by atoms with Gasteiger partial charge in [0.25, 0.3) is 0 Å². The minimum absolute atomic E-state index is 0.478. The lowest BCUT2D eigenvalue weighted by atomic mass is 9.70. The molecular formula is C63H41N. The number of nitrogens with zero attached hydrogens (tertiary/aromatic N) is 1. The van der Waals surface area contributed by atoms with Crippen molar-refractivity contribution in [3.8, 4) is 55.6 Å². The zero-order chi connectivity index (χ0) is 42.2. The third-order valence-corrected chi connectivity index (χ3v) is 13.9. The molecule has 1 heteroatoms. The summed E-state index contributed by atoms with van der Waals surface area (Å²) < 4.78 is 0. The molecule has 2 aliphatic rings. The van der Waals surface area contributed by atoms with Crippen molar-refractivity contribution < 1.29 is 0 Å². The first-order valence-electron chi connectivity index (χ1n) is 22.3. The van der Waals surface area contributed by atoms with Crippen LogP contribution in [0.4, 0.5) is 17.1 Å². The first-order chi connectivity index (χ1) is 31.8. The van der Waals surface area contributed by atoms with Crippen LogP contribution in [0.5, 0.6) is 0 Å². The fourth-order valence-electron chi connectivity index (χ4n) is 11.2. The van der Waals surface area contributed by atoms with Crippen LogP contribution in [0.3, 0.4) is 0 Å². The largest absolute Gasteiger partial charge is 0.309 e. The number of rotatable bonds is 6. The first kappa shape index (κ1) is 36.4. The number of fused-ring (bicyclic) bond motifs is 13. The summed E-state index contributed by atoms with van der Waals surface area (Å²) in [5.74, 6) is 0. The molecule has 0 fully saturated rings. The lowest BCUT2D eigenvalue weighted by molar-refractivity contribution is 0.793. The van der Waals surface area contributed by atoms with Gasteiger partial charge in [-0.3, -0.25) is 0 Å². The minimum atomic E-state index is -0.478. The molecule has 64 heavy (non-hydrogen) atoms. The number of benzene rings is 11. The Morgan fingerprint density at radius 3 is 1.28 bits per heavy atom. The average Bonchev–Trinajstić information content (AvgIpc) is 3.84. The van der Waals surface area contributed by atoms with E-state index in [0.29, 0.717) is 0 Å². The van der Waals surface area contributed by atoms with Gasteiger partial charge in [0.05, 0.1) is 11.1 Å². The predicted molar refractivity (Wildman–Crippen MR) is 269 cm³/mol. The van der Waals surface area contributed by atoms with E-state index in [9.17, 15) is 0 Å². The molecule has 2 aliphatic carbocycles. The van der Waals surface area contributed by atoms with Crippen LogP contribution in [0, 0.1) is 0 Å². The number of hydrogen-bond acceptors (Lipinski definition) is 1. The molecule has 1 spiro atoms. The van der Waals surface area contributed by atoms with Crippen LogP contribution in [-0.2, 0) is 5.41 Å². The monoisotopic (exact) mass is 811 g/mol. The lowest BCUT2D eigenvalue weighted by Crippen LogP contribution is -2.26. The van der Waals surface area contributed by atoms with Gasteiger partial charge in [-0.2, -0.15) is 0 Å². The van der Waals surface area contributed by atoms with E-state index in [1.165, 1.54) is 99.4 Å². The van der Waals surface area contributed by atoms with Gasteiger partial charge in [-0.15, -0.1) is 0 Å². The van der Waals surface area contributed by atoms with Crippen molar-refractivity contribution in [2.45, 2.75) is 5.41 Å². The normalized spacial score (nSPS) is 12.8. The molecule has 0 radical (unpaired) electrons. The molecule has 0 atom stereocenters. The van der Waals surface area contributed by atoms with Gasteiger partial charge < -0.3 is 4.90 Å². The highest BCUT2D eigenvalue weighted by molar-refractivity contribution is 6.22. The topological polar surface area (TPSA) is 3.24 Å². The van der Waals surface area contributed by atoms with Crippen LogP contribution in [0.1, 0.15) is 22.3 Å². The van der Waals surface area contributed by atoms with E-state index < -0.39 is 5.41 Å². The summed E-state index contributed by atoms with van der Waals surface area (Å²) in [6.07, 6.45) is 0. The molecule has 0 bridgehead atoms. The molecule has 11 aromatic carbocycles. The standard InChI is InChI=1S/C63H41N/c1-3-18-42(19-4-1)44-34-36-45(37-35-44)61-55-29-9-7-24-49(55)50-25-8-10-30-56(50)62(61)64(47-23-17-22-46(40-47)43-20-5-2-6-21-43)48-38-39-54-53-28-13-16-33-59(53)63(60(54)41-48)57-31-14-11-26-51(57)52-27-12-15-32-58(52)63/h1-41H. The van der Waals surface area contributed by atoms with Crippen molar-refractivity contribution in [2.24, 2.45) is 0 Å². The van der Waals surface area contributed by atoms with Crippen molar-refractivity contribution in [2.75, 3.05) is 4.90 Å². The summed E-state index contributed by atoms with van der Waals surface area (Å²) in [6.45, 7) is 0. The zero-order valence-electron chi connectivity index (χ0n) is 35.1. The van der Waals surface area contributed by atoms with Gasteiger partial charge in [0.15, 0.2) is 0 Å². The third kappa shape index (κ3) is 5.31. The molecule has 11 aromatic rings. The smallest absolute Gasteiger partial charge is 0.0726 e. The molecule has 0 heterocycles. The maximum Gasteiger partial charge on any atom is 0.0726 e. The van der Waals surface area contributed by atoms with Gasteiger partial charge in [0.1, 0.15) is 0 Å². The van der Waals surface area contributed by atoms with E-state index in [1.807, 2.05) is 0 Å². The molecular weight excluding hydrogens is 771 g/mol. The minimum Gasteiger partial charge on any atom is -0.309 e. The molecule has 0 N–H and O–H groups in total. The Bertz CT molecular complexity index is 3540. The Labute approximate surface area is 373 Å². The van der Waals surface area contributed by atoms with Crippen molar-refractivity contribution in [3.05, 3.63) is 271 Å². The second-order valence-electron chi connectivity index (χ2n) is 17.1. The van der Waals surface area contributed by atoms with Crippen LogP contribution in [0.25, 0.3) is 77.2 Å². The van der Waals surface area contributed by atoms with E-state index in [-0.39, 0.29) is 0 Å². The first-order valence-corrected chi connectivity index (χ1v) is 22.3. The highest BCUT2D eigenvalue weighted by Crippen LogP contribution is 2.63. The summed E-state index contributed by atoms with van der Waals surface area (Å²) >= 11 is 0. The Morgan fingerprint density at radius 1 is 0.250 bits per heavy atom. The summed E-state index contributed by atoms with van der Waals surface area (Å²) in [6, 6.07) is 92.3. The van der Waals surface area contributed by atoms with Gasteiger partial charge in [0.2, 0.25) is 0 Å². The van der Waals surface area contributed by atoms with Gasteiger partial charge in [-0.1, -0.05) is 224 Å². The van der Waals surface area contributed by atoms with Crippen molar-refractivity contribution in [1.82, 2.24) is 0 Å². The van der Waals surface area contributed by atoms with Gasteiger partial charge in [-0.05, 0) is 113 Å². The molecule has 0 aliphatic heterocycles. The fourth-order valence-corrected chi connectivity index (χ4v) is 11.2. The average molecular weight is 812 g/mol. The van der Waals surface area contributed by atoms with Crippen LogP contribution in [-0.4, -0.2) is 0 Å². The van der Waals surface area contributed by atoms with E-state index in [4.69, 9.17) is 0 Å². The zero-order valence-corrected chi connectivity index (χ0v) is 35.1. The van der Waals surface area contributed by atoms with Crippen LogP contribution >= 0.6 is 0 Å². The molecule has 0 aromatic heterocycles. The summed E-state index contributed by atoms with van der Waals surface area (Å²) in [7, 11) is 0. The Balaban J connectivity index is 1.14. The van der Waals surface area contributed by atoms with Crippen molar-refractivity contribution in [3.63, 3.8) is 0 Å². The van der Waals surface area contributed by atoms with Crippen molar-refractivity contribution in [1.29, 1.82) is 0 Å². The maximum absolute atomic E-state index is 2.56. The predicted octanol–water partition coefficient (Wildman–Crippen LogP) is 16.8. The van der Waals surface area contributed by atoms with Crippen LogP contribution in [0.15, 0.2) is 249 Å². The molecule has 0 unspecified atom stereocenters. The molecule has 0 saturated heterocycles. The molecule has 0 amide bonds. The van der Waals surface area contributed by atoms with E-state index in [1.54, 1.807) is 0 Å². The molecule has 298 valence electrons. The van der Waals surface area contributed by atoms with Gasteiger partial charge in [-0.25, -0.2) is 0 Å².